The average Bonchev–Trinajstić information content (AvgIpc) is 1.87. The summed E-state index contributed by atoms with van der Waals surface area (Å²) < 4.78 is 24.3. The van der Waals surface area contributed by atoms with Crippen LogP contribution >= 0.6 is 7.60 Å². The predicted octanol–water partition coefficient (Wildman–Crippen LogP) is 2.27. The van der Waals surface area contributed by atoms with E-state index >= 15 is 0 Å². The molecule has 0 radical (unpaired) electrons. The zero-order valence-corrected chi connectivity index (χ0v) is 7.59. The van der Waals surface area contributed by atoms with E-state index in [4.69, 9.17) is 0 Å². The van der Waals surface area contributed by atoms with Gasteiger partial charge in [-0.15, -0.1) is 0 Å². The van der Waals surface area contributed by atoms with Gasteiger partial charge >= 0.3 is 13.6 Å². The SMILES string of the molecule is C.C.COP(C)(=O)OCOC(C)=O. The minimum absolute atomic E-state index is 0. The van der Waals surface area contributed by atoms with Crippen molar-refractivity contribution in [2.45, 2.75) is 21.8 Å². The Labute approximate surface area is 79.9 Å². The number of rotatable bonds is 4. The Hall–Kier alpha value is -0.380. The lowest BCUT2D eigenvalue weighted by Crippen LogP contribution is -2.03. The molecule has 0 N–H and O–H groups in total. The Morgan fingerprint density at radius 3 is 2.15 bits per heavy atom. The molecule has 1 unspecified atom stereocenters. The molecule has 0 heterocycles. The number of ether oxygens (including phenoxy) is 1. The maximum absolute atomic E-state index is 10.9. The maximum Gasteiger partial charge on any atom is 0.330 e. The Morgan fingerprint density at radius 2 is 1.85 bits per heavy atom. The van der Waals surface area contributed by atoms with Crippen LogP contribution in [0.15, 0.2) is 0 Å². The molecule has 0 bridgehead atoms. The number of hydrogen-bond acceptors (Lipinski definition) is 5. The molecule has 6 heteroatoms. The topological polar surface area (TPSA) is 61.8 Å². The minimum Gasteiger partial charge on any atom is -0.438 e. The first-order valence-corrected chi connectivity index (χ1v) is 4.88. The first kappa shape index (κ1) is 18.4. The summed E-state index contributed by atoms with van der Waals surface area (Å²) in [6, 6.07) is 0. The van der Waals surface area contributed by atoms with Gasteiger partial charge in [-0.2, -0.15) is 0 Å². The molecule has 0 aliphatic heterocycles. The second-order valence-electron chi connectivity index (χ2n) is 1.84. The van der Waals surface area contributed by atoms with Gasteiger partial charge < -0.3 is 9.26 Å². The highest BCUT2D eigenvalue weighted by Gasteiger charge is 2.14. The summed E-state index contributed by atoms with van der Waals surface area (Å²) in [7, 11) is -1.75. The Morgan fingerprint density at radius 1 is 1.38 bits per heavy atom. The van der Waals surface area contributed by atoms with Crippen LogP contribution in [-0.2, 0) is 23.1 Å². The fraction of sp³-hybridized carbons (Fsp3) is 0.857. The van der Waals surface area contributed by atoms with E-state index < -0.39 is 13.6 Å². The van der Waals surface area contributed by atoms with Crippen LogP contribution in [-0.4, -0.2) is 26.5 Å². The van der Waals surface area contributed by atoms with Crippen molar-refractivity contribution in [3.63, 3.8) is 0 Å². The number of hydrogen-bond donors (Lipinski definition) is 0. The van der Waals surface area contributed by atoms with Crippen LogP contribution in [0.25, 0.3) is 0 Å². The average molecular weight is 214 g/mol. The fourth-order valence-electron chi connectivity index (χ4n) is 0.258. The molecule has 0 aromatic rings. The molecule has 0 spiro atoms. The summed E-state index contributed by atoms with van der Waals surface area (Å²) in [5.41, 5.74) is 0. The summed E-state index contributed by atoms with van der Waals surface area (Å²) in [5.74, 6) is -0.485. The van der Waals surface area contributed by atoms with Crippen molar-refractivity contribution < 1.29 is 23.1 Å². The molecule has 0 aliphatic carbocycles. The Bertz CT molecular complexity index is 180. The van der Waals surface area contributed by atoms with Gasteiger partial charge in [-0.05, 0) is 0 Å². The largest absolute Gasteiger partial charge is 0.438 e. The lowest BCUT2D eigenvalue weighted by atomic mass is 10.8. The summed E-state index contributed by atoms with van der Waals surface area (Å²) >= 11 is 0. The smallest absolute Gasteiger partial charge is 0.330 e. The second-order valence-corrected chi connectivity index (χ2v) is 4.00. The first-order chi connectivity index (χ1) is 4.98. The van der Waals surface area contributed by atoms with Crippen LogP contribution < -0.4 is 0 Å². The molecule has 82 valence electrons. The van der Waals surface area contributed by atoms with E-state index in [-0.39, 0.29) is 21.6 Å². The number of carbonyl (C=O) groups excluding carboxylic acids is 1. The van der Waals surface area contributed by atoms with Crippen LogP contribution in [0.1, 0.15) is 21.8 Å². The van der Waals surface area contributed by atoms with Crippen molar-refractivity contribution in [2.75, 3.05) is 20.6 Å². The van der Waals surface area contributed by atoms with Crippen LogP contribution in [0, 0.1) is 0 Å². The molecule has 0 saturated heterocycles. The van der Waals surface area contributed by atoms with Gasteiger partial charge in [0.05, 0.1) is 0 Å². The van der Waals surface area contributed by atoms with Gasteiger partial charge in [-0.25, -0.2) is 0 Å². The van der Waals surface area contributed by atoms with Crippen LogP contribution in [0.5, 0.6) is 0 Å². The summed E-state index contributed by atoms with van der Waals surface area (Å²) in [6.45, 7) is 2.18. The van der Waals surface area contributed by atoms with Gasteiger partial charge in [0.15, 0.2) is 0 Å². The molecular weight excluding hydrogens is 195 g/mol. The predicted molar refractivity (Wildman–Crippen MR) is 51.7 cm³/mol. The van der Waals surface area contributed by atoms with E-state index in [1.165, 1.54) is 20.7 Å². The molecule has 0 saturated carbocycles. The Balaban J connectivity index is -0.000000500. The third kappa shape index (κ3) is 11.6. The zero-order valence-electron chi connectivity index (χ0n) is 6.70. The third-order valence-corrected chi connectivity index (χ3v) is 2.12. The Kier molecular flexibility index (Phi) is 11.7. The van der Waals surface area contributed by atoms with Crippen molar-refractivity contribution >= 4 is 13.6 Å². The van der Waals surface area contributed by atoms with E-state index in [0.29, 0.717) is 0 Å². The third-order valence-electron chi connectivity index (χ3n) is 0.881. The number of carbonyl (C=O) groups is 1. The lowest BCUT2D eigenvalue weighted by molar-refractivity contribution is -0.147. The molecular formula is C7H19O5P. The molecule has 0 fully saturated rings. The standard InChI is InChI=1S/C5H11O5P.2CH4/c1-5(6)9-4-10-11(3,7)8-2;;/h4H2,1-3H3;2*1H4. The number of esters is 1. The van der Waals surface area contributed by atoms with Crippen molar-refractivity contribution in [3.05, 3.63) is 0 Å². The normalized spacial score (nSPS) is 13.2. The van der Waals surface area contributed by atoms with E-state index in [0.717, 1.165) is 0 Å². The van der Waals surface area contributed by atoms with Crippen LogP contribution in [0.2, 0.25) is 0 Å². The van der Waals surface area contributed by atoms with Crippen molar-refractivity contribution in [2.24, 2.45) is 0 Å². The molecule has 0 rings (SSSR count). The lowest BCUT2D eigenvalue weighted by Gasteiger charge is -2.09. The van der Waals surface area contributed by atoms with Gasteiger partial charge in [0, 0.05) is 20.7 Å². The summed E-state index contributed by atoms with van der Waals surface area (Å²) in [6.07, 6.45) is 0. The second kappa shape index (κ2) is 8.23. The fourth-order valence-corrected chi connectivity index (χ4v) is 0.607. The molecule has 5 nitrogen and oxygen atoms in total. The van der Waals surface area contributed by atoms with E-state index in [2.05, 4.69) is 13.8 Å². The van der Waals surface area contributed by atoms with Crippen molar-refractivity contribution in [3.8, 4) is 0 Å². The van der Waals surface area contributed by atoms with Gasteiger partial charge in [-0.1, -0.05) is 14.9 Å². The highest BCUT2D eigenvalue weighted by atomic mass is 31.2. The van der Waals surface area contributed by atoms with Crippen LogP contribution in [0.4, 0.5) is 0 Å². The van der Waals surface area contributed by atoms with Gasteiger partial charge in [0.25, 0.3) is 0 Å². The highest BCUT2D eigenvalue weighted by molar-refractivity contribution is 7.52. The molecule has 0 aliphatic rings. The van der Waals surface area contributed by atoms with Gasteiger partial charge in [0.2, 0.25) is 6.79 Å². The van der Waals surface area contributed by atoms with E-state index in [1.807, 2.05) is 0 Å². The van der Waals surface area contributed by atoms with Gasteiger partial charge in [-0.3, -0.25) is 13.9 Å². The summed E-state index contributed by atoms with van der Waals surface area (Å²) in [5, 5.41) is 0. The summed E-state index contributed by atoms with van der Waals surface area (Å²) in [4.78, 5) is 10.2. The molecule has 1 atom stereocenters. The van der Waals surface area contributed by atoms with Crippen molar-refractivity contribution in [1.82, 2.24) is 0 Å². The monoisotopic (exact) mass is 214 g/mol. The minimum atomic E-state index is -3.01. The van der Waals surface area contributed by atoms with Crippen LogP contribution in [0.3, 0.4) is 0 Å². The van der Waals surface area contributed by atoms with E-state index in [1.54, 1.807) is 0 Å². The molecule has 0 aromatic carbocycles. The maximum atomic E-state index is 10.9. The quantitative estimate of drug-likeness (QED) is 0.408. The molecule has 0 aromatic heterocycles. The van der Waals surface area contributed by atoms with E-state index in [9.17, 15) is 9.36 Å². The highest BCUT2D eigenvalue weighted by Crippen LogP contribution is 2.42. The first-order valence-electron chi connectivity index (χ1n) is 2.89. The molecule has 13 heavy (non-hydrogen) atoms. The zero-order chi connectivity index (χ0) is 8.91. The van der Waals surface area contributed by atoms with Crippen molar-refractivity contribution in [1.29, 1.82) is 0 Å². The molecule has 0 amide bonds. The van der Waals surface area contributed by atoms with Gasteiger partial charge in [0.1, 0.15) is 0 Å².